The Kier molecular flexibility index (Phi) is 3.35. The zero-order chi connectivity index (χ0) is 14.8. The van der Waals surface area contributed by atoms with E-state index in [1.807, 2.05) is 31.1 Å². The van der Waals surface area contributed by atoms with Crippen LogP contribution in [0.25, 0.3) is 10.9 Å². The Bertz CT molecular complexity index is 771. The Morgan fingerprint density at radius 1 is 1.05 bits per heavy atom. The quantitative estimate of drug-likeness (QED) is 0.801. The number of aromatic nitrogens is 3. The lowest BCUT2D eigenvalue weighted by atomic mass is 10.2. The van der Waals surface area contributed by atoms with Gasteiger partial charge in [0.2, 0.25) is 0 Å². The van der Waals surface area contributed by atoms with Gasteiger partial charge in [0, 0.05) is 19.5 Å². The van der Waals surface area contributed by atoms with Crippen LogP contribution in [0.1, 0.15) is 0 Å². The lowest BCUT2D eigenvalue weighted by molar-refractivity contribution is 0.636. The van der Waals surface area contributed by atoms with Gasteiger partial charge in [0.25, 0.3) is 0 Å². The Balaban J connectivity index is 1.96. The minimum Gasteiger partial charge on any atom is -0.363 e. The molecule has 106 valence electrons. The summed E-state index contributed by atoms with van der Waals surface area (Å²) in [6.45, 7) is 0. The number of benzene rings is 1. The molecule has 0 atom stereocenters. The summed E-state index contributed by atoms with van der Waals surface area (Å²) in [4.78, 5) is 14.4. The van der Waals surface area contributed by atoms with Gasteiger partial charge in [0.15, 0.2) is 0 Å². The molecular formula is C15H14FN5. The standard InChI is InChI=1S/C15H14FN5/c1-21(2)13-7-6-10(8-17-13)20-15-11-4-3-5-12(16)14(11)18-9-19-15/h3-9H,1-2H3,(H,18,19,20). The first-order chi connectivity index (χ1) is 10.1. The van der Waals surface area contributed by atoms with Gasteiger partial charge in [-0.05, 0) is 24.3 Å². The maximum atomic E-state index is 13.7. The number of halogens is 1. The van der Waals surface area contributed by atoms with E-state index in [1.165, 1.54) is 12.4 Å². The van der Waals surface area contributed by atoms with E-state index in [0.717, 1.165) is 11.5 Å². The predicted molar refractivity (Wildman–Crippen MR) is 81.3 cm³/mol. The van der Waals surface area contributed by atoms with Gasteiger partial charge in [-0.3, -0.25) is 0 Å². The number of pyridine rings is 1. The smallest absolute Gasteiger partial charge is 0.149 e. The molecule has 0 fully saturated rings. The van der Waals surface area contributed by atoms with Crippen molar-refractivity contribution in [3.8, 4) is 0 Å². The molecule has 0 saturated carbocycles. The second kappa shape index (κ2) is 5.32. The fourth-order valence-corrected chi connectivity index (χ4v) is 2.01. The number of anilines is 3. The summed E-state index contributed by atoms with van der Waals surface area (Å²) < 4.78 is 13.7. The van der Waals surface area contributed by atoms with Crippen LogP contribution < -0.4 is 10.2 Å². The van der Waals surface area contributed by atoms with Gasteiger partial charge >= 0.3 is 0 Å². The van der Waals surface area contributed by atoms with Crippen molar-refractivity contribution in [1.29, 1.82) is 0 Å². The summed E-state index contributed by atoms with van der Waals surface area (Å²) >= 11 is 0. The number of hydrogen-bond donors (Lipinski definition) is 1. The highest BCUT2D eigenvalue weighted by molar-refractivity contribution is 5.90. The van der Waals surface area contributed by atoms with Crippen molar-refractivity contribution < 1.29 is 4.39 Å². The summed E-state index contributed by atoms with van der Waals surface area (Å²) in [6, 6.07) is 8.59. The third-order valence-electron chi connectivity index (χ3n) is 3.08. The van der Waals surface area contributed by atoms with E-state index in [9.17, 15) is 4.39 Å². The van der Waals surface area contributed by atoms with Crippen molar-refractivity contribution >= 4 is 28.2 Å². The third kappa shape index (κ3) is 2.60. The lowest BCUT2D eigenvalue weighted by Crippen LogP contribution is -2.10. The Labute approximate surface area is 121 Å². The average Bonchev–Trinajstić information content (AvgIpc) is 2.49. The molecule has 5 nitrogen and oxygen atoms in total. The van der Waals surface area contributed by atoms with Crippen LogP contribution >= 0.6 is 0 Å². The Morgan fingerprint density at radius 2 is 1.90 bits per heavy atom. The zero-order valence-electron chi connectivity index (χ0n) is 11.7. The van der Waals surface area contributed by atoms with Gasteiger partial charge in [-0.2, -0.15) is 0 Å². The summed E-state index contributed by atoms with van der Waals surface area (Å²) in [5, 5.41) is 3.77. The summed E-state index contributed by atoms with van der Waals surface area (Å²) in [5.74, 6) is 1.05. The maximum Gasteiger partial charge on any atom is 0.149 e. The minimum absolute atomic E-state index is 0.299. The largest absolute Gasteiger partial charge is 0.363 e. The minimum atomic E-state index is -0.362. The topological polar surface area (TPSA) is 53.9 Å². The SMILES string of the molecule is CN(C)c1ccc(Nc2ncnc3c(F)cccc23)cn1. The van der Waals surface area contributed by atoms with Crippen molar-refractivity contribution in [3.63, 3.8) is 0 Å². The van der Waals surface area contributed by atoms with E-state index in [-0.39, 0.29) is 5.82 Å². The van der Waals surface area contributed by atoms with Gasteiger partial charge in [0.1, 0.15) is 29.3 Å². The molecule has 3 aromatic rings. The molecule has 0 radical (unpaired) electrons. The van der Waals surface area contributed by atoms with Crippen molar-refractivity contribution in [2.24, 2.45) is 0 Å². The van der Waals surface area contributed by atoms with Gasteiger partial charge in [-0.25, -0.2) is 19.3 Å². The maximum absolute atomic E-state index is 13.7. The molecule has 2 aromatic heterocycles. The van der Waals surface area contributed by atoms with E-state index < -0.39 is 0 Å². The van der Waals surface area contributed by atoms with Crippen molar-refractivity contribution in [1.82, 2.24) is 15.0 Å². The van der Waals surface area contributed by atoms with Crippen LogP contribution in [0.4, 0.5) is 21.7 Å². The normalized spacial score (nSPS) is 10.6. The molecule has 0 amide bonds. The first-order valence-electron chi connectivity index (χ1n) is 6.45. The van der Waals surface area contributed by atoms with Crippen molar-refractivity contribution in [3.05, 3.63) is 48.7 Å². The number of rotatable bonds is 3. The number of hydrogen-bond acceptors (Lipinski definition) is 5. The first kappa shape index (κ1) is 13.2. The number of fused-ring (bicyclic) bond motifs is 1. The summed E-state index contributed by atoms with van der Waals surface area (Å²) in [6.07, 6.45) is 3.05. The van der Waals surface area contributed by atoms with Crippen LogP contribution in [-0.4, -0.2) is 29.0 Å². The molecule has 2 heterocycles. The van der Waals surface area contributed by atoms with Gasteiger partial charge in [-0.1, -0.05) is 6.07 Å². The van der Waals surface area contributed by atoms with Crippen LogP contribution in [0.2, 0.25) is 0 Å². The van der Waals surface area contributed by atoms with Gasteiger partial charge in [-0.15, -0.1) is 0 Å². The number of nitrogens with one attached hydrogen (secondary N) is 1. The highest BCUT2D eigenvalue weighted by Crippen LogP contribution is 2.24. The van der Waals surface area contributed by atoms with Gasteiger partial charge in [0.05, 0.1) is 11.9 Å². The second-order valence-corrected chi connectivity index (χ2v) is 4.78. The Morgan fingerprint density at radius 3 is 2.62 bits per heavy atom. The third-order valence-corrected chi connectivity index (χ3v) is 3.08. The van der Waals surface area contributed by atoms with Crippen LogP contribution in [0.3, 0.4) is 0 Å². The molecule has 0 saturated heterocycles. The fourth-order valence-electron chi connectivity index (χ4n) is 2.01. The lowest BCUT2D eigenvalue weighted by Gasteiger charge is -2.12. The molecule has 0 aliphatic carbocycles. The van der Waals surface area contributed by atoms with Crippen LogP contribution in [0.5, 0.6) is 0 Å². The molecule has 3 rings (SSSR count). The predicted octanol–water partition coefficient (Wildman–Crippen LogP) is 2.97. The first-order valence-corrected chi connectivity index (χ1v) is 6.45. The molecule has 0 aliphatic heterocycles. The van der Waals surface area contributed by atoms with E-state index >= 15 is 0 Å². The average molecular weight is 283 g/mol. The van der Waals surface area contributed by atoms with Crippen LogP contribution in [0.15, 0.2) is 42.9 Å². The van der Waals surface area contributed by atoms with E-state index in [4.69, 9.17) is 0 Å². The molecule has 0 bridgehead atoms. The molecule has 6 heteroatoms. The zero-order valence-corrected chi connectivity index (χ0v) is 11.7. The molecule has 1 N–H and O–H groups in total. The van der Waals surface area contributed by atoms with E-state index in [0.29, 0.717) is 16.7 Å². The molecule has 21 heavy (non-hydrogen) atoms. The molecule has 0 spiro atoms. The van der Waals surface area contributed by atoms with Gasteiger partial charge < -0.3 is 10.2 Å². The van der Waals surface area contributed by atoms with Crippen molar-refractivity contribution in [2.75, 3.05) is 24.3 Å². The molecule has 0 aliphatic rings. The monoisotopic (exact) mass is 283 g/mol. The van der Waals surface area contributed by atoms with E-state index in [1.54, 1.807) is 18.3 Å². The van der Waals surface area contributed by atoms with Crippen molar-refractivity contribution in [2.45, 2.75) is 0 Å². The fraction of sp³-hybridized carbons (Fsp3) is 0.133. The molecule has 0 unspecified atom stereocenters. The van der Waals surface area contributed by atoms with E-state index in [2.05, 4.69) is 20.3 Å². The summed E-state index contributed by atoms with van der Waals surface area (Å²) in [5.41, 5.74) is 1.08. The van der Waals surface area contributed by atoms with Crippen LogP contribution in [0, 0.1) is 5.82 Å². The highest BCUT2D eigenvalue weighted by Gasteiger charge is 2.07. The number of para-hydroxylation sites is 1. The second-order valence-electron chi connectivity index (χ2n) is 4.78. The number of nitrogens with zero attached hydrogens (tertiary/aromatic N) is 4. The molecular weight excluding hydrogens is 269 g/mol. The molecule has 1 aromatic carbocycles. The van der Waals surface area contributed by atoms with Crippen LogP contribution in [-0.2, 0) is 0 Å². The summed E-state index contributed by atoms with van der Waals surface area (Å²) in [7, 11) is 3.85. The highest BCUT2D eigenvalue weighted by atomic mass is 19.1. The Hall–Kier alpha value is -2.76.